The third-order valence-corrected chi connectivity index (χ3v) is 8.48. The van der Waals surface area contributed by atoms with Gasteiger partial charge in [0.15, 0.2) is 0 Å². The molecular weight excluding hydrogens is 533 g/mol. The van der Waals surface area contributed by atoms with Gasteiger partial charge in [0, 0.05) is 13.6 Å². The third-order valence-electron chi connectivity index (χ3n) is 5.96. The average Bonchev–Trinajstić information content (AvgIpc) is 2.89. The lowest BCUT2D eigenvalue weighted by molar-refractivity contribution is -0.140. The summed E-state index contributed by atoms with van der Waals surface area (Å²) in [5.41, 5.74) is 1.71. The zero-order valence-corrected chi connectivity index (χ0v) is 23.1. The van der Waals surface area contributed by atoms with E-state index in [4.69, 9.17) is 23.2 Å². The molecule has 0 heterocycles. The first-order chi connectivity index (χ1) is 17.6. The summed E-state index contributed by atoms with van der Waals surface area (Å²) in [6.45, 7) is 3.10. The minimum Gasteiger partial charge on any atom is -0.357 e. The Morgan fingerprint density at radius 2 is 1.59 bits per heavy atom. The number of hydrogen-bond donors (Lipinski definition) is 1. The van der Waals surface area contributed by atoms with Crippen molar-refractivity contribution in [3.8, 4) is 0 Å². The summed E-state index contributed by atoms with van der Waals surface area (Å²) in [5, 5.41) is 3.27. The Morgan fingerprint density at radius 1 is 0.946 bits per heavy atom. The molecule has 0 radical (unpaired) electrons. The van der Waals surface area contributed by atoms with Crippen LogP contribution in [0.4, 0.5) is 5.69 Å². The molecule has 0 saturated heterocycles. The molecule has 0 aromatic heterocycles. The van der Waals surface area contributed by atoms with Crippen LogP contribution in [0.15, 0.2) is 77.7 Å². The van der Waals surface area contributed by atoms with Gasteiger partial charge in [0.25, 0.3) is 10.0 Å². The van der Waals surface area contributed by atoms with Crippen LogP contribution in [0.1, 0.15) is 24.5 Å². The number of halogens is 2. The fraction of sp³-hybridized carbons (Fsp3) is 0.259. The van der Waals surface area contributed by atoms with Gasteiger partial charge in [-0.15, -0.1) is 0 Å². The van der Waals surface area contributed by atoms with Crippen molar-refractivity contribution in [1.82, 2.24) is 10.2 Å². The molecular formula is C27H29Cl2N3O4S. The van der Waals surface area contributed by atoms with Crippen LogP contribution in [0, 0.1) is 6.92 Å². The second-order valence-electron chi connectivity index (χ2n) is 8.42. The highest BCUT2D eigenvalue weighted by Gasteiger charge is 2.33. The number of para-hydroxylation sites is 1. The summed E-state index contributed by atoms with van der Waals surface area (Å²) in [5.74, 6) is -0.895. The van der Waals surface area contributed by atoms with E-state index in [2.05, 4.69) is 5.32 Å². The number of hydrogen-bond acceptors (Lipinski definition) is 4. The van der Waals surface area contributed by atoms with E-state index >= 15 is 0 Å². The Bertz CT molecular complexity index is 1370. The summed E-state index contributed by atoms with van der Waals surface area (Å²) >= 11 is 12.2. The van der Waals surface area contributed by atoms with Gasteiger partial charge in [-0.2, -0.15) is 0 Å². The number of likely N-dealkylation sites (N-methyl/N-ethyl adjacent to an activating group) is 1. The predicted molar refractivity (Wildman–Crippen MR) is 147 cm³/mol. The van der Waals surface area contributed by atoms with Crippen LogP contribution in [-0.4, -0.2) is 44.8 Å². The van der Waals surface area contributed by atoms with Crippen molar-refractivity contribution in [2.24, 2.45) is 0 Å². The van der Waals surface area contributed by atoms with E-state index in [1.165, 1.54) is 24.1 Å². The first-order valence-electron chi connectivity index (χ1n) is 11.7. The van der Waals surface area contributed by atoms with Gasteiger partial charge in [0.2, 0.25) is 11.8 Å². The van der Waals surface area contributed by atoms with Crippen LogP contribution in [0.25, 0.3) is 0 Å². The molecule has 3 aromatic carbocycles. The maximum absolute atomic E-state index is 13.9. The van der Waals surface area contributed by atoms with Gasteiger partial charge in [-0.1, -0.05) is 72.6 Å². The minimum absolute atomic E-state index is 0.0364. The number of sulfonamides is 1. The number of anilines is 1. The van der Waals surface area contributed by atoms with E-state index < -0.39 is 28.5 Å². The van der Waals surface area contributed by atoms with E-state index in [-0.39, 0.29) is 17.3 Å². The average molecular weight is 563 g/mol. The highest BCUT2D eigenvalue weighted by atomic mass is 35.5. The molecule has 3 aromatic rings. The van der Waals surface area contributed by atoms with Gasteiger partial charge in [0.05, 0.1) is 20.6 Å². The molecule has 0 saturated carbocycles. The minimum atomic E-state index is -4.10. The number of rotatable bonds is 10. The van der Waals surface area contributed by atoms with Crippen LogP contribution in [0.2, 0.25) is 10.0 Å². The van der Waals surface area contributed by atoms with Crippen molar-refractivity contribution in [3.63, 3.8) is 0 Å². The van der Waals surface area contributed by atoms with Crippen molar-refractivity contribution >= 4 is 50.7 Å². The molecule has 1 unspecified atom stereocenters. The fourth-order valence-electron chi connectivity index (χ4n) is 4.00. The summed E-state index contributed by atoms with van der Waals surface area (Å²) in [4.78, 5) is 28.1. The third kappa shape index (κ3) is 6.63. The number of carbonyl (C=O) groups is 2. The van der Waals surface area contributed by atoms with Crippen molar-refractivity contribution < 1.29 is 18.0 Å². The molecule has 7 nitrogen and oxygen atoms in total. The second-order valence-corrected chi connectivity index (χ2v) is 11.1. The molecule has 3 rings (SSSR count). The quantitative estimate of drug-likeness (QED) is 0.375. The lowest BCUT2D eigenvalue weighted by Gasteiger charge is -2.33. The maximum Gasteiger partial charge on any atom is 0.264 e. The van der Waals surface area contributed by atoms with Crippen molar-refractivity contribution in [1.29, 1.82) is 0 Å². The fourth-order valence-corrected chi connectivity index (χ4v) is 5.82. The molecule has 2 amide bonds. The van der Waals surface area contributed by atoms with Crippen LogP contribution in [0.3, 0.4) is 0 Å². The molecule has 1 atom stereocenters. The normalized spacial score (nSPS) is 12.0. The summed E-state index contributed by atoms with van der Waals surface area (Å²) in [6.07, 6.45) is 0.322. The number of nitrogens with one attached hydrogen (secondary N) is 1. The maximum atomic E-state index is 13.9. The topological polar surface area (TPSA) is 86.8 Å². The van der Waals surface area contributed by atoms with E-state index in [9.17, 15) is 18.0 Å². The molecule has 0 bridgehead atoms. The second kappa shape index (κ2) is 12.4. The van der Waals surface area contributed by atoms with Gasteiger partial charge in [-0.05, 0) is 54.8 Å². The zero-order chi connectivity index (χ0) is 27.2. The summed E-state index contributed by atoms with van der Waals surface area (Å²) in [7, 11) is -2.61. The van der Waals surface area contributed by atoms with Crippen molar-refractivity contribution in [3.05, 3.63) is 94.0 Å². The number of amides is 2. The van der Waals surface area contributed by atoms with Crippen LogP contribution in [0.5, 0.6) is 0 Å². The molecule has 0 aliphatic carbocycles. The van der Waals surface area contributed by atoms with E-state index in [0.717, 1.165) is 4.31 Å². The lowest BCUT2D eigenvalue weighted by atomic mass is 10.1. The Kier molecular flexibility index (Phi) is 9.59. The van der Waals surface area contributed by atoms with Gasteiger partial charge in [0.1, 0.15) is 12.6 Å². The van der Waals surface area contributed by atoms with Crippen LogP contribution < -0.4 is 9.62 Å². The van der Waals surface area contributed by atoms with E-state index in [1.807, 2.05) is 0 Å². The first-order valence-corrected chi connectivity index (χ1v) is 13.9. The molecule has 0 aliphatic rings. The number of carbonyl (C=O) groups excluding carboxylic acids is 2. The molecule has 1 N–H and O–H groups in total. The summed E-state index contributed by atoms with van der Waals surface area (Å²) < 4.78 is 28.6. The van der Waals surface area contributed by atoms with Crippen LogP contribution >= 0.6 is 23.2 Å². The number of aryl methyl sites for hydroxylation is 1. The Morgan fingerprint density at radius 3 is 2.19 bits per heavy atom. The van der Waals surface area contributed by atoms with Gasteiger partial charge >= 0.3 is 0 Å². The number of benzene rings is 3. The molecule has 0 aliphatic heterocycles. The number of nitrogens with zero attached hydrogens (tertiary/aromatic N) is 2. The Balaban J connectivity index is 2.07. The smallest absolute Gasteiger partial charge is 0.264 e. The highest BCUT2D eigenvalue weighted by Crippen LogP contribution is 2.28. The van der Waals surface area contributed by atoms with Crippen molar-refractivity contribution in [2.45, 2.75) is 37.8 Å². The van der Waals surface area contributed by atoms with Gasteiger partial charge in [-0.3, -0.25) is 13.9 Å². The largest absolute Gasteiger partial charge is 0.357 e. The highest BCUT2D eigenvalue weighted by molar-refractivity contribution is 7.92. The van der Waals surface area contributed by atoms with Crippen LogP contribution in [-0.2, 0) is 26.2 Å². The Hall–Kier alpha value is -3.07. The molecule has 0 spiro atoms. The Labute approximate surface area is 228 Å². The summed E-state index contributed by atoms with van der Waals surface area (Å²) in [6, 6.07) is 19.0. The molecule has 10 heteroatoms. The monoisotopic (exact) mass is 561 g/mol. The molecule has 196 valence electrons. The SMILES string of the molecule is CCC(C(=O)NC)N(Cc1ccc(Cl)c(Cl)c1)C(=O)CN(c1ccccc1C)S(=O)(=O)c1ccccc1. The van der Waals surface area contributed by atoms with Crippen molar-refractivity contribution in [2.75, 3.05) is 17.9 Å². The molecule has 37 heavy (non-hydrogen) atoms. The lowest BCUT2D eigenvalue weighted by Crippen LogP contribution is -2.51. The van der Waals surface area contributed by atoms with Gasteiger partial charge < -0.3 is 10.2 Å². The first kappa shape index (κ1) is 28.5. The van der Waals surface area contributed by atoms with E-state index in [0.29, 0.717) is 33.3 Å². The van der Waals surface area contributed by atoms with E-state index in [1.54, 1.807) is 74.5 Å². The molecule has 0 fully saturated rings. The zero-order valence-electron chi connectivity index (χ0n) is 20.8. The van der Waals surface area contributed by atoms with Gasteiger partial charge in [-0.25, -0.2) is 8.42 Å². The standard InChI is InChI=1S/C27H29Cl2N3O4S/c1-4-24(27(34)30-3)31(17-20-14-15-22(28)23(29)16-20)26(33)18-32(25-13-9-8-10-19(25)2)37(35,36)21-11-6-5-7-12-21/h5-16,24H,4,17-18H2,1-3H3,(H,30,34). The predicted octanol–water partition coefficient (Wildman–Crippen LogP) is 5.05.